The van der Waals surface area contributed by atoms with Crippen LogP contribution in [0.2, 0.25) is 5.02 Å². The first kappa shape index (κ1) is 22.3. The number of benzene rings is 2. The predicted octanol–water partition coefficient (Wildman–Crippen LogP) is 6.01. The van der Waals surface area contributed by atoms with Crippen molar-refractivity contribution in [3.8, 4) is 0 Å². The fraction of sp³-hybridized carbons (Fsp3) is 0.208. The van der Waals surface area contributed by atoms with E-state index in [0.29, 0.717) is 21.9 Å². The first-order chi connectivity index (χ1) is 15.1. The van der Waals surface area contributed by atoms with Crippen molar-refractivity contribution in [3.05, 3.63) is 86.6 Å². The zero-order valence-electron chi connectivity index (χ0n) is 17.6. The Hall–Kier alpha value is -2.90. The summed E-state index contributed by atoms with van der Waals surface area (Å²) in [5.74, 6) is -1.09. The van der Waals surface area contributed by atoms with Gasteiger partial charge in [0, 0.05) is 26.5 Å². The molecule has 6 nitrogen and oxygen atoms in total. The number of hydrogen-bond donors (Lipinski definition) is 1. The summed E-state index contributed by atoms with van der Waals surface area (Å²) < 4.78 is 6.28. The van der Waals surface area contributed by atoms with E-state index in [-0.39, 0.29) is 22.6 Å². The van der Waals surface area contributed by atoms with Crippen LogP contribution in [0, 0.1) is 0 Å². The number of carbonyl (C=O) groups is 2. The fourth-order valence-corrected chi connectivity index (χ4v) is 3.92. The van der Waals surface area contributed by atoms with Gasteiger partial charge in [0.15, 0.2) is 5.82 Å². The van der Waals surface area contributed by atoms with Gasteiger partial charge in [-0.15, -0.1) is 0 Å². The molecule has 1 amide bonds. The van der Waals surface area contributed by atoms with E-state index in [4.69, 9.17) is 16.1 Å². The number of aliphatic hydroxyl groups is 1. The molecule has 0 bridgehead atoms. The average molecular weight is 516 g/mol. The molecular formula is C24H20BrClN2O4. The molecule has 0 radical (unpaired) electrons. The van der Waals surface area contributed by atoms with E-state index in [1.165, 1.54) is 4.90 Å². The van der Waals surface area contributed by atoms with Crippen molar-refractivity contribution in [1.82, 2.24) is 5.16 Å². The molecule has 3 aromatic rings. The molecule has 0 spiro atoms. The van der Waals surface area contributed by atoms with Gasteiger partial charge < -0.3 is 9.63 Å². The van der Waals surface area contributed by atoms with Crippen molar-refractivity contribution >= 4 is 50.8 Å². The summed E-state index contributed by atoms with van der Waals surface area (Å²) in [7, 11) is 0. The normalized spacial score (nSPS) is 18.4. The summed E-state index contributed by atoms with van der Waals surface area (Å²) in [5, 5.41) is 15.7. The van der Waals surface area contributed by atoms with Gasteiger partial charge in [-0.3, -0.25) is 14.5 Å². The minimum Gasteiger partial charge on any atom is -0.507 e. The van der Waals surface area contributed by atoms with E-state index in [0.717, 1.165) is 4.47 Å². The Morgan fingerprint density at radius 2 is 1.72 bits per heavy atom. The lowest BCUT2D eigenvalue weighted by Gasteiger charge is -2.23. The van der Waals surface area contributed by atoms with Crippen LogP contribution in [-0.2, 0) is 15.0 Å². The highest BCUT2D eigenvalue weighted by Crippen LogP contribution is 2.42. The zero-order valence-corrected chi connectivity index (χ0v) is 19.9. The van der Waals surface area contributed by atoms with E-state index in [1.54, 1.807) is 54.6 Å². The molecule has 1 aliphatic heterocycles. The average Bonchev–Trinajstić information content (AvgIpc) is 3.32. The monoisotopic (exact) mass is 514 g/mol. The third-order valence-electron chi connectivity index (χ3n) is 5.23. The van der Waals surface area contributed by atoms with E-state index >= 15 is 0 Å². The third kappa shape index (κ3) is 3.98. The fourth-order valence-electron chi connectivity index (χ4n) is 3.53. The largest absolute Gasteiger partial charge is 0.507 e. The van der Waals surface area contributed by atoms with Gasteiger partial charge >= 0.3 is 5.91 Å². The van der Waals surface area contributed by atoms with E-state index < -0.39 is 17.7 Å². The van der Waals surface area contributed by atoms with Gasteiger partial charge in [-0.2, -0.15) is 0 Å². The van der Waals surface area contributed by atoms with Gasteiger partial charge in [0.2, 0.25) is 0 Å². The summed E-state index contributed by atoms with van der Waals surface area (Å²) in [6.45, 7) is 5.86. The molecule has 0 unspecified atom stereocenters. The summed E-state index contributed by atoms with van der Waals surface area (Å²) in [5.41, 5.74) is 0.652. The van der Waals surface area contributed by atoms with Gasteiger partial charge in [0.05, 0.1) is 11.6 Å². The van der Waals surface area contributed by atoms with Crippen LogP contribution in [0.5, 0.6) is 0 Å². The molecule has 0 aliphatic carbocycles. The van der Waals surface area contributed by atoms with Crippen LogP contribution in [0.3, 0.4) is 0 Å². The van der Waals surface area contributed by atoms with E-state index in [9.17, 15) is 14.7 Å². The molecule has 1 atom stereocenters. The van der Waals surface area contributed by atoms with Gasteiger partial charge in [0.25, 0.3) is 5.78 Å². The topological polar surface area (TPSA) is 83.6 Å². The molecule has 1 aliphatic rings. The first-order valence-electron chi connectivity index (χ1n) is 9.87. The Kier molecular flexibility index (Phi) is 5.73. The number of ketones is 1. The van der Waals surface area contributed by atoms with Crippen molar-refractivity contribution in [2.24, 2.45) is 0 Å². The molecule has 8 heteroatoms. The number of anilines is 1. The van der Waals surface area contributed by atoms with Gasteiger partial charge in [0.1, 0.15) is 11.5 Å². The number of carbonyl (C=O) groups excluding carboxylic acids is 2. The SMILES string of the molecule is CC(C)(C)c1cc(N2C(=O)C(=O)C(=C(O)c3ccc(Br)cc3)[C@@H]2c2ccc(Cl)cc2)no1. The van der Waals surface area contributed by atoms with Crippen molar-refractivity contribution in [2.75, 3.05) is 4.90 Å². The number of hydrogen-bond acceptors (Lipinski definition) is 5. The summed E-state index contributed by atoms with van der Waals surface area (Å²) in [6, 6.07) is 14.3. The lowest BCUT2D eigenvalue weighted by molar-refractivity contribution is -0.132. The molecule has 2 aromatic carbocycles. The number of aliphatic hydroxyl groups excluding tert-OH is 1. The molecular weight excluding hydrogens is 496 g/mol. The Balaban J connectivity index is 1.91. The van der Waals surface area contributed by atoms with Crippen molar-refractivity contribution < 1.29 is 19.2 Å². The second-order valence-electron chi connectivity index (χ2n) is 8.53. The Morgan fingerprint density at radius 3 is 2.28 bits per heavy atom. The maximum Gasteiger partial charge on any atom is 0.301 e. The van der Waals surface area contributed by atoms with E-state index in [1.807, 2.05) is 20.8 Å². The molecule has 0 saturated carbocycles. The van der Waals surface area contributed by atoms with Crippen LogP contribution < -0.4 is 4.90 Å². The van der Waals surface area contributed by atoms with Gasteiger partial charge in [-0.25, -0.2) is 0 Å². The number of halogens is 2. The molecule has 1 saturated heterocycles. The number of aromatic nitrogens is 1. The van der Waals surface area contributed by atoms with Crippen LogP contribution >= 0.6 is 27.5 Å². The summed E-state index contributed by atoms with van der Waals surface area (Å²) in [4.78, 5) is 27.5. The molecule has 164 valence electrons. The van der Waals surface area contributed by atoms with E-state index in [2.05, 4.69) is 21.1 Å². The third-order valence-corrected chi connectivity index (χ3v) is 6.01. The zero-order chi connectivity index (χ0) is 23.2. The lowest BCUT2D eigenvalue weighted by atomic mass is 9.93. The Morgan fingerprint density at radius 1 is 1.09 bits per heavy atom. The smallest absolute Gasteiger partial charge is 0.301 e. The second-order valence-corrected chi connectivity index (χ2v) is 9.88. The Labute approximate surface area is 198 Å². The molecule has 1 aromatic heterocycles. The van der Waals surface area contributed by atoms with Crippen molar-refractivity contribution in [1.29, 1.82) is 0 Å². The minimum atomic E-state index is -0.895. The van der Waals surface area contributed by atoms with Gasteiger partial charge in [-0.05, 0) is 29.8 Å². The first-order valence-corrected chi connectivity index (χ1v) is 11.0. The quantitative estimate of drug-likeness (QED) is 0.262. The number of amides is 1. The second kappa shape index (κ2) is 8.22. The highest BCUT2D eigenvalue weighted by molar-refractivity contribution is 9.10. The molecule has 4 rings (SSSR count). The summed E-state index contributed by atoms with van der Waals surface area (Å²) in [6.07, 6.45) is 0. The van der Waals surface area contributed by atoms with Crippen LogP contribution in [0.25, 0.3) is 5.76 Å². The molecule has 1 N–H and O–H groups in total. The number of Topliss-reactive ketones (excluding diaryl/α,β-unsaturated/α-hetero) is 1. The predicted molar refractivity (Wildman–Crippen MR) is 126 cm³/mol. The number of nitrogens with zero attached hydrogens (tertiary/aromatic N) is 2. The Bertz CT molecular complexity index is 1220. The highest BCUT2D eigenvalue weighted by Gasteiger charge is 2.48. The number of rotatable bonds is 3. The van der Waals surface area contributed by atoms with Gasteiger partial charge in [-0.1, -0.05) is 77.7 Å². The standard InChI is InChI=1S/C24H20BrClN2O4/c1-24(2,3)17-12-18(27-32-17)28-20(13-6-10-16(26)11-7-13)19(22(30)23(28)31)21(29)14-4-8-15(25)9-5-14/h4-12,20,29H,1-3H3/t20-/m0/s1. The molecule has 32 heavy (non-hydrogen) atoms. The van der Waals surface area contributed by atoms with Crippen molar-refractivity contribution in [2.45, 2.75) is 32.2 Å². The lowest BCUT2D eigenvalue weighted by Crippen LogP contribution is -2.29. The van der Waals surface area contributed by atoms with Crippen LogP contribution in [0.15, 0.2) is 69.2 Å². The summed E-state index contributed by atoms with van der Waals surface area (Å²) >= 11 is 9.41. The molecule has 2 heterocycles. The van der Waals surface area contributed by atoms with Crippen LogP contribution in [0.1, 0.15) is 43.7 Å². The minimum absolute atomic E-state index is 0.0278. The highest BCUT2D eigenvalue weighted by atomic mass is 79.9. The van der Waals surface area contributed by atoms with Crippen LogP contribution in [-0.4, -0.2) is 22.0 Å². The maximum absolute atomic E-state index is 13.1. The van der Waals surface area contributed by atoms with Crippen LogP contribution in [0.4, 0.5) is 5.82 Å². The maximum atomic E-state index is 13.1. The van der Waals surface area contributed by atoms with Crippen molar-refractivity contribution in [3.63, 3.8) is 0 Å². The molecule has 1 fully saturated rings.